The molecule has 1 aromatic rings. The Morgan fingerprint density at radius 3 is 2.60 bits per heavy atom. The zero-order chi connectivity index (χ0) is 7.72. The van der Waals surface area contributed by atoms with E-state index in [2.05, 4.69) is 15.9 Å². The van der Waals surface area contributed by atoms with Gasteiger partial charge in [0.1, 0.15) is 0 Å². The molecule has 0 saturated heterocycles. The molecule has 0 spiro atoms. The molecule has 3 N–H and O–H groups in total. The normalized spacial score (nSPS) is 9.80. The van der Waals surface area contributed by atoms with E-state index in [0.717, 1.165) is 12.1 Å². The molecule has 0 heterocycles. The van der Waals surface area contributed by atoms with E-state index in [-0.39, 0.29) is 0 Å². The number of nitrogens with two attached hydrogens (primary N) is 1. The first-order valence-corrected chi connectivity index (χ1v) is 3.34. The molecule has 0 aliphatic carbocycles. The van der Waals surface area contributed by atoms with Crippen LogP contribution in [-0.2, 0) is 0 Å². The van der Waals surface area contributed by atoms with Crippen LogP contribution in [0, 0.1) is 5.82 Å². The van der Waals surface area contributed by atoms with Crippen LogP contribution in [0.25, 0.3) is 0 Å². The highest BCUT2D eigenvalue weighted by Gasteiger charge is 2.02. The van der Waals surface area contributed by atoms with Crippen LogP contribution in [0.15, 0.2) is 16.6 Å². The van der Waals surface area contributed by atoms with Crippen molar-refractivity contribution in [3.8, 4) is 5.75 Å². The van der Waals surface area contributed by atoms with Gasteiger partial charge in [0.15, 0.2) is 11.6 Å². The second-order valence-electron chi connectivity index (χ2n) is 1.83. The number of benzene rings is 1. The summed E-state index contributed by atoms with van der Waals surface area (Å²) in [5.41, 5.74) is 5.63. The van der Waals surface area contributed by atoms with E-state index in [9.17, 15) is 4.39 Å². The van der Waals surface area contributed by atoms with Gasteiger partial charge in [-0.25, -0.2) is 4.39 Å². The summed E-state index contributed by atoms with van der Waals surface area (Å²) in [4.78, 5) is 0. The van der Waals surface area contributed by atoms with Gasteiger partial charge in [-0.05, 0) is 22.0 Å². The summed E-state index contributed by atoms with van der Waals surface area (Å²) in [5, 5.41) is 8.75. The van der Waals surface area contributed by atoms with Crippen LogP contribution in [0.1, 0.15) is 0 Å². The second-order valence-corrected chi connectivity index (χ2v) is 2.68. The van der Waals surface area contributed by atoms with Gasteiger partial charge in [-0.2, -0.15) is 0 Å². The van der Waals surface area contributed by atoms with Gasteiger partial charge in [-0.3, -0.25) is 0 Å². The second kappa shape index (κ2) is 2.46. The predicted molar refractivity (Wildman–Crippen MR) is 40.2 cm³/mol. The lowest BCUT2D eigenvalue weighted by atomic mass is 10.3. The van der Waals surface area contributed by atoms with Crippen molar-refractivity contribution in [2.24, 2.45) is 0 Å². The molecular weight excluding hydrogens is 201 g/mol. The maximum atomic E-state index is 12.4. The van der Waals surface area contributed by atoms with Crippen molar-refractivity contribution in [2.75, 3.05) is 5.73 Å². The Labute approximate surface area is 65.6 Å². The topological polar surface area (TPSA) is 46.2 Å². The molecule has 4 heteroatoms. The number of nitrogen functional groups attached to an aromatic ring is 1. The van der Waals surface area contributed by atoms with E-state index in [1.165, 1.54) is 0 Å². The van der Waals surface area contributed by atoms with Gasteiger partial charge in [0.2, 0.25) is 0 Å². The molecule has 0 aliphatic rings. The molecular formula is C6H5BrFNO. The summed E-state index contributed by atoms with van der Waals surface area (Å²) in [6, 6.07) is 2.27. The molecule has 0 bridgehead atoms. The van der Waals surface area contributed by atoms with Crippen molar-refractivity contribution in [1.29, 1.82) is 0 Å². The molecule has 0 radical (unpaired) electrons. The third-order valence-electron chi connectivity index (χ3n) is 1.07. The Kier molecular flexibility index (Phi) is 1.80. The molecule has 1 aromatic carbocycles. The van der Waals surface area contributed by atoms with Crippen LogP contribution in [0.2, 0.25) is 0 Å². The molecule has 1 rings (SSSR count). The minimum atomic E-state index is -0.680. The molecule has 0 aliphatic heterocycles. The number of rotatable bonds is 0. The third kappa shape index (κ3) is 1.21. The smallest absolute Gasteiger partial charge is 0.166 e. The highest BCUT2D eigenvalue weighted by molar-refractivity contribution is 9.10. The van der Waals surface area contributed by atoms with Gasteiger partial charge in [0.25, 0.3) is 0 Å². The van der Waals surface area contributed by atoms with Crippen molar-refractivity contribution >= 4 is 21.6 Å². The van der Waals surface area contributed by atoms with Gasteiger partial charge in [-0.15, -0.1) is 0 Å². The molecule has 2 nitrogen and oxygen atoms in total. The minimum absolute atomic E-state index is 0.318. The van der Waals surface area contributed by atoms with Crippen molar-refractivity contribution in [1.82, 2.24) is 0 Å². The first kappa shape index (κ1) is 7.34. The zero-order valence-electron chi connectivity index (χ0n) is 4.94. The van der Waals surface area contributed by atoms with Crippen LogP contribution >= 0.6 is 15.9 Å². The Balaban J connectivity index is 3.28. The van der Waals surface area contributed by atoms with E-state index in [1.54, 1.807) is 0 Å². The molecule has 0 saturated carbocycles. The Morgan fingerprint density at radius 1 is 1.50 bits per heavy atom. The zero-order valence-corrected chi connectivity index (χ0v) is 6.52. The van der Waals surface area contributed by atoms with Crippen LogP contribution in [0.3, 0.4) is 0 Å². The quantitative estimate of drug-likeness (QED) is 0.636. The lowest BCUT2D eigenvalue weighted by molar-refractivity contribution is 0.432. The number of halogens is 2. The van der Waals surface area contributed by atoms with Gasteiger partial charge in [0, 0.05) is 16.2 Å². The lowest BCUT2D eigenvalue weighted by Crippen LogP contribution is -1.87. The first-order valence-electron chi connectivity index (χ1n) is 2.54. The molecule has 0 amide bonds. The number of anilines is 1. The van der Waals surface area contributed by atoms with E-state index >= 15 is 0 Å². The van der Waals surface area contributed by atoms with E-state index in [0.29, 0.717) is 10.2 Å². The van der Waals surface area contributed by atoms with Gasteiger partial charge >= 0.3 is 0 Å². The maximum Gasteiger partial charge on any atom is 0.166 e. The van der Waals surface area contributed by atoms with Crippen LogP contribution in [0.4, 0.5) is 10.1 Å². The molecule has 10 heavy (non-hydrogen) atoms. The van der Waals surface area contributed by atoms with Crippen molar-refractivity contribution in [3.05, 3.63) is 22.4 Å². The first-order chi connectivity index (χ1) is 4.61. The predicted octanol–water partition coefficient (Wildman–Crippen LogP) is 1.88. The number of phenols is 1. The average molecular weight is 206 g/mol. The maximum absolute atomic E-state index is 12.4. The summed E-state index contributed by atoms with van der Waals surface area (Å²) in [6.07, 6.45) is 0. The molecule has 0 aromatic heterocycles. The summed E-state index contributed by atoms with van der Waals surface area (Å²) < 4.78 is 12.9. The number of phenolic OH excluding ortho intramolecular Hbond substituents is 1. The summed E-state index contributed by atoms with van der Waals surface area (Å²) in [7, 11) is 0. The average Bonchev–Trinajstić information content (AvgIpc) is 1.84. The highest BCUT2D eigenvalue weighted by Crippen LogP contribution is 2.26. The Hall–Kier alpha value is -0.770. The monoisotopic (exact) mass is 205 g/mol. The SMILES string of the molecule is Nc1cc(O)c(F)cc1Br. The minimum Gasteiger partial charge on any atom is -0.505 e. The fraction of sp³-hybridized carbons (Fsp3) is 0. The summed E-state index contributed by atoms with van der Waals surface area (Å²) in [6.45, 7) is 0. The van der Waals surface area contributed by atoms with Gasteiger partial charge < -0.3 is 10.8 Å². The number of hydrogen-bond acceptors (Lipinski definition) is 2. The summed E-state index contributed by atoms with van der Waals surface area (Å²) in [5.74, 6) is -1.11. The molecule has 0 unspecified atom stereocenters. The fourth-order valence-corrected chi connectivity index (χ4v) is 0.869. The fourth-order valence-electron chi connectivity index (χ4n) is 0.554. The van der Waals surface area contributed by atoms with E-state index in [1.807, 2.05) is 0 Å². The largest absolute Gasteiger partial charge is 0.505 e. The van der Waals surface area contributed by atoms with Gasteiger partial charge in [-0.1, -0.05) is 0 Å². The number of hydrogen-bond donors (Lipinski definition) is 2. The number of aromatic hydroxyl groups is 1. The lowest BCUT2D eigenvalue weighted by Gasteiger charge is -1.98. The summed E-state index contributed by atoms with van der Waals surface area (Å²) >= 11 is 3.00. The van der Waals surface area contributed by atoms with Crippen LogP contribution < -0.4 is 5.73 Å². The molecule has 0 fully saturated rings. The Morgan fingerprint density at radius 2 is 2.10 bits per heavy atom. The molecule has 0 atom stereocenters. The third-order valence-corrected chi connectivity index (χ3v) is 1.75. The standard InChI is InChI=1S/C6H5BrFNO/c7-3-1-4(8)6(10)2-5(3)9/h1-2,10H,9H2. The molecule has 54 valence electrons. The van der Waals surface area contributed by atoms with Crippen LogP contribution in [-0.4, -0.2) is 5.11 Å². The van der Waals surface area contributed by atoms with Gasteiger partial charge in [0.05, 0.1) is 0 Å². The van der Waals surface area contributed by atoms with Crippen LogP contribution in [0.5, 0.6) is 5.75 Å². The van der Waals surface area contributed by atoms with Crippen molar-refractivity contribution in [3.63, 3.8) is 0 Å². The van der Waals surface area contributed by atoms with Crippen molar-refractivity contribution < 1.29 is 9.50 Å². The van der Waals surface area contributed by atoms with E-state index < -0.39 is 11.6 Å². The van der Waals surface area contributed by atoms with Crippen molar-refractivity contribution in [2.45, 2.75) is 0 Å². The Bertz CT molecular complexity index is 214. The highest BCUT2D eigenvalue weighted by atomic mass is 79.9. The van der Waals surface area contributed by atoms with E-state index in [4.69, 9.17) is 10.8 Å².